The molecule has 5 heteroatoms. The summed E-state index contributed by atoms with van der Waals surface area (Å²) >= 11 is 5.94. The van der Waals surface area contributed by atoms with Crippen molar-refractivity contribution in [3.8, 4) is 0 Å². The highest BCUT2D eigenvalue weighted by Crippen LogP contribution is 2.21. The van der Waals surface area contributed by atoms with Gasteiger partial charge in [-0.1, -0.05) is 17.7 Å². The van der Waals surface area contributed by atoms with E-state index in [9.17, 15) is 4.39 Å². The molecular weight excluding hydrogens is 255 g/mol. The lowest BCUT2D eigenvalue weighted by Crippen LogP contribution is -2.03. The number of aliphatic hydroxyl groups excluding tert-OH is 1. The molecule has 94 valence electrons. The molecule has 2 aromatic rings. The average molecular weight is 267 g/mol. The highest BCUT2D eigenvalue weighted by Gasteiger charge is 2.10. The fourth-order valence-corrected chi connectivity index (χ4v) is 1.87. The second-order valence-corrected chi connectivity index (χ2v) is 4.34. The molecule has 1 aromatic heterocycles. The maximum atomic E-state index is 13.6. The van der Waals surface area contributed by atoms with Gasteiger partial charge >= 0.3 is 0 Å². The van der Waals surface area contributed by atoms with Crippen molar-refractivity contribution in [2.24, 2.45) is 0 Å². The molecular formula is C13H12ClFN2O. The van der Waals surface area contributed by atoms with Crippen molar-refractivity contribution in [3.05, 3.63) is 57.9 Å². The first-order valence-electron chi connectivity index (χ1n) is 5.47. The van der Waals surface area contributed by atoms with Gasteiger partial charge in [0.2, 0.25) is 0 Å². The minimum absolute atomic E-state index is 0.105. The first-order chi connectivity index (χ1) is 8.61. The van der Waals surface area contributed by atoms with Crippen LogP contribution in [0.15, 0.2) is 24.4 Å². The Morgan fingerprint density at radius 3 is 2.78 bits per heavy atom. The first-order valence-corrected chi connectivity index (χ1v) is 5.84. The molecule has 0 fully saturated rings. The van der Waals surface area contributed by atoms with Gasteiger partial charge in [-0.25, -0.2) is 14.4 Å². The Balaban J connectivity index is 2.32. The van der Waals surface area contributed by atoms with Crippen LogP contribution in [0.4, 0.5) is 4.39 Å². The Morgan fingerprint density at radius 1 is 1.39 bits per heavy atom. The van der Waals surface area contributed by atoms with Gasteiger partial charge in [0, 0.05) is 34.5 Å². The molecule has 0 saturated carbocycles. The minimum Gasteiger partial charge on any atom is -0.392 e. The predicted octanol–water partition coefficient (Wildman–Crippen LogP) is 2.66. The highest BCUT2D eigenvalue weighted by molar-refractivity contribution is 6.31. The zero-order valence-electron chi connectivity index (χ0n) is 9.82. The molecule has 0 radical (unpaired) electrons. The standard InChI is InChI=1S/C13H12ClFN2O/c1-8-9(7-18)6-16-13(17-8)5-10-11(14)3-2-4-12(10)15/h2-4,6,18H,5,7H2,1H3. The number of rotatable bonds is 3. The summed E-state index contributed by atoms with van der Waals surface area (Å²) < 4.78 is 13.6. The van der Waals surface area contributed by atoms with Gasteiger partial charge in [-0.3, -0.25) is 0 Å². The summed E-state index contributed by atoms with van der Waals surface area (Å²) in [6.45, 7) is 1.67. The van der Waals surface area contributed by atoms with Crippen LogP contribution in [0.25, 0.3) is 0 Å². The van der Waals surface area contributed by atoms with Crippen LogP contribution in [0, 0.1) is 12.7 Å². The number of hydrogen-bond donors (Lipinski definition) is 1. The van der Waals surface area contributed by atoms with E-state index in [-0.39, 0.29) is 18.8 Å². The lowest BCUT2D eigenvalue weighted by atomic mass is 10.1. The van der Waals surface area contributed by atoms with Crippen LogP contribution in [0.1, 0.15) is 22.6 Å². The zero-order chi connectivity index (χ0) is 13.1. The van der Waals surface area contributed by atoms with E-state index < -0.39 is 0 Å². The Labute approximate surface area is 109 Å². The molecule has 0 saturated heterocycles. The topological polar surface area (TPSA) is 46.0 Å². The van der Waals surface area contributed by atoms with Crippen LogP contribution in [-0.2, 0) is 13.0 Å². The van der Waals surface area contributed by atoms with Crippen molar-refractivity contribution in [2.75, 3.05) is 0 Å². The molecule has 1 N–H and O–H groups in total. The molecule has 0 amide bonds. The summed E-state index contributed by atoms with van der Waals surface area (Å²) in [4.78, 5) is 8.32. The van der Waals surface area contributed by atoms with Crippen LogP contribution in [0.5, 0.6) is 0 Å². The van der Waals surface area contributed by atoms with E-state index in [1.807, 2.05) is 0 Å². The van der Waals surface area contributed by atoms with Gasteiger partial charge < -0.3 is 5.11 Å². The number of aryl methyl sites for hydroxylation is 1. The number of aliphatic hydroxyl groups is 1. The number of halogens is 2. The first kappa shape index (κ1) is 12.9. The number of nitrogens with zero attached hydrogens (tertiary/aromatic N) is 2. The molecule has 0 unspecified atom stereocenters. The monoisotopic (exact) mass is 266 g/mol. The van der Waals surface area contributed by atoms with E-state index in [1.54, 1.807) is 25.3 Å². The third-order valence-electron chi connectivity index (χ3n) is 2.70. The van der Waals surface area contributed by atoms with Gasteiger partial charge in [0.05, 0.1) is 6.61 Å². The largest absolute Gasteiger partial charge is 0.392 e. The van der Waals surface area contributed by atoms with Gasteiger partial charge in [0.1, 0.15) is 11.6 Å². The molecule has 3 nitrogen and oxygen atoms in total. The second kappa shape index (κ2) is 5.42. The summed E-state index contributed by atoms with van der Waals surface area (Å²) in [6.07, 6.45) is 1.78. The van der Waals surface area contributed by atoms with Crippen molar-refractivity contribution in [1.82, 2.24) is 9.97 Å². The number of hydrogen-bond acceptors (Lipinski definition) is 3. The van der Waals surface area contributed by atoms with E-state index in [1.165, 1.54) is 6.07 Å². The van der Waals surface area contributed by atoms with Crippen molar-refractivity contribution in [3.63, 3.8) is 0 Å². The molecule has 0 aliphatic rings. The van der Waals surface area contributed by atoms with Gasteiger partial charge in [0.15, 0.2) is 0 Å². The molecule has 0 aliphatic heterocycles. The molecule has 1 heterocycles. The van der Waals surface area contributed by atoms with Gasteiger partial charge in [-0.2, -0.15) is 0 Å². The van der Waals surface area contributed by atoms with E-state index >= 15 is 0 Å². The molecule has 18 heavy (non-hydrogen) atoms. The highest BCUT2D eigenvalue weighted by atomic mass is 35.5. The van der Waals surface area contributed by atoms with Gasteiger partial charge in [-0.15, -0.1) is 0 Å². The predicted molar refractivity (Wildman–Crippen MR) is 66.9 cm³/mol. The van der Waals surface area contributed by atoms with E-state index in [0.717, 1.165) is 0 Å². The average Bonchev–Trinajstić information content (AvgIpc) is 2.34. The van der Waals surface area contributed by atoms with Crippen molar-refractivity contribution in [2.45, 2.75) is 20.0 Å². The molecule has 2 rings (SSSR count). The van der Waals surface area contributed by atoms with Crippen LogP contribution < -0.4 is 0 Å². The van der Waals surface area contributed by atoms with E-state index in [0.29, 0.717) is 27.7 Å². The third-order valence-corrected chi connectivity index (χ3v) is 3.05. The SMILES string of the molecule is Cc1nc(Cc2c(F)cccc2Cl)ncc1CO. The summed E-state index contributed by atoms with van der Waals surface area (Å²) in [5.74, 6) is 0.117. The molecule has 0 spiro atoms. The second-order valence-electron chi connectivity index (χ2n) is 3.93. The van der Waals surface area contributed by atoms with Crippen LogP contribution in [-0.4, -0.2) is 15.1 Å². The minimum atomic E-state index is -0.366. The van der Waals surface area contributed by atoms with Crippen molar-refractivity contribution in [1.29, 1.82) is 0 Å². The third kappa shape index (κ3) is 2.66. The van der Waals surface area contributed by atoms with E-state index in [4.69, 9.17) is 16.7 Å². The van der Waals surface area contributed by atoms with E-state index in [2.05, 4.69) is 9.97 Å². The lowest BCUT2D eigenvalue weighted by Gasteiger charge is -2.07. The summed E-state index contributed by atoms with van der Waals surface area (Å²) in [5, 5.41) is 9.39. The van der Waals surface area contributed by atoms with Crippen LogP contribution in [0.3, 0.4) is 0 Å². The summed E-state index contributed by atoms with van der Waals surface area (Å²) in [5.41, 5.74) is 1.74. The Morgan fingerprint density at radius 2 is 2.17 bits per heavy atom. The van der Waals surface area contributed by atoms with Crippen LogP contribution in [0.2, 0.25) is 5.02 Å². The quantitative estimate of drug-likeness (QED) is 0.929. The lowest BCUT2D eigenvalue weighted by molar-refractivity contribution is 0.280. The smallest absolute Gasteiger partial charge is 0.133 e. The Kier molecular flexibility index (Phi) is 3.89. The fourth-order valence-electron chi connectivity index (χ4n) is 1.64. The van der Waals surface area contributed by atoms with Crippen LogP contribution >= 0.6 is 11.6 Å². The number of aromatic nitrogens is 2. The zero-order valence-corrected chi connectivity index (χ0v) is 10.6. The maximum absolute atomic E-state index is 13.6. The molecule has 0 aliphatic carbocycles. The van der Waals surface area contributed by atoms with Gasteiger partial charge in [0.25, 0.3) is 0 Å². The summed E-state index contributed by atoms with van der Waals surface area (Å²) in [7, 11) is 0. The molecule has 0 bridgehead atoms. The summed E-state index contributed by atoms with van der Waals surface area (Å²) in [6, 6.07) is 4.55. The Bertz CT molecular complexity index is 555. The normalized spacial score (nSPS) is 10.7. The van der Waals surface area contributed by atoms with Crippen molar-refractivity contribution < 1.29 is 9.50 Å². The fraction of sp³-hybridized carbons (Fsp3) is 0.231. The Hall–Kier alpha value is -1.52. The number of benzene rings is 1. The van der Waals surface area contributed by atoms with Crippen molar-refractivity contribution >= 4 is 11.6 Å². The maximum Gasteiger partial charge on any atom is 0.133 e. The van der Waals surface area contributed by atoms with Gasteiger partial charge in [-0.05, 0) is 19.1 Å². The molecule has 0 atom stereocenters. The molecule has 1 aromatic carbocycles.